The zero-order chi connectivity index (χ0) is 19.0. The molecule has 1 aromatic heterocycles. The number of nitrogens with zero attached hydrogens (tertiary/aromatic N) is 3. The van der Waals surface area contributed by atoms with Crippen LogP contribution >= 0.6 is 0 Å². The SMILES string of the molecule is Cc1nc(C#N)c(N2CCC(C(=O)N[C@@H]3C[C@@H]3c3cccc(F)c3)CC2)o1. The van der Waals surface area contributed by atoms with Gasteiger partial charge in [-0.1, -0.05) is 12.1 Å². The minimum atomic E-state index is -0.240. The van der Waals surface area contributed by atoms with Crippen molar-refractivity contribution in [3.05, 3.63) is 47.2 Å². The monoisotopic (exact) mass is 368 g/mol. The number of amides is 1. The first-order valence-corrected chi connectivity index (χ1v) is 9.23. The van der Waals surface area contributed by atoms with Gasteiger partial charge in [0.1, 0.15) is 11.9 Å². The number of nitriles is 1. The van der Waals surface area contributed by atoms with E-state index in [1.165, 1.54) is 6.07 Å². The Morgan fingerprint density at radius 3 is 2.89 bits per heavy atom. The van der Waals surface area contributed by atoms with Crippen LogP contribution < -0.4 is 10.2 Å². The molecule has 1 aliphatic heterocycles. The third-order valence-electron chi connectivity index (χ3n) is 5.37. The largest absolute Gasteiger partial charge is 0.424 e. The van der Waals surface area contributed by atoms with Crippen LogP contribution in [0.2, 0.25) is 0 Å². The molecular formula is C20H21FN4O2. The number of aromatic nitrogens is 1. The molecule has 140 valence electrons. The number of benzene rings is 1. The number of oxazole rings is 1. The van der Waals surface area contributed by atoms with Gasteiger partial charge in [-0.3, -0.25) is 4.79 Å². The van der Waals surface area contributed by atoms with Gasteiger partial charge in [-0.15, -0.1) is 0 Å². The second kappa shape index (κ2) is 7.03. The fourth-order valence-electron chi connectivity index (χ4n) is 3.81. The number of anilines is 1. The second-order valence-corrected chi connectivity index (χ2v) is 7.27. The zero-order valence-corrected chi connectivity index (χ0v) is 15.1. The lowest BCUT2D eigenvalue weighted by molar-refractivity contribution is -0.125. The van der Waals surface area contributed by atoms with Crippen molar-refractivity contribution < 1.29 is 13.6 Å². The molecule has 2 heterocycles. The molecule has 1 aliphatic carbocycles. The summed E-state index contributed by atoms with van der Waals surface area (Å²) in [6.45, 7) is 3.02. The number of rotatable bonds is 4. The lowest BCUT2D eigenvalue weighted by Gasteiger charge is -2.31. The molecule has 1 aromatic carbocycles. The highest BCUT2D eigenvalue weighted by Crippen LogP contribution is 2.41. The molecule has 0 unspecified atom stereocenters. The molecule has 0 bridgehead atoms. The average Bonchev–Trinajstić information content (AvgIpc) is 3.33. The van der Waals surface area contributed by atoms with E-state index in [1.807, 2.05) is 11.0 Å². The maximum Gasteiger partial charge on any atom is 0.234 e. The summed E-state index contributed by atoms with van der Waals surface area (Å²) in [6.07, 6.45) is 2.26. The summed E-state index contributed by atoms with van der Waals surface area (Å²) in [6, 6.07) is 8.74. The van der Waals surface area contributed by atoms with Crippen molar-refractivity contribution in [1.82, 2.24) is 10.3 Å². The van der Waals surface area contributed by atoms with Crippen molar-refractivity contribution in [2.24, 2.45) is 5.92 Å². The Morgan fingerprint density at radius 1 is 1.41 bits per heavy atom. The molecule has 2 aromatic rings. The van der Waals surface area contributed by atoms with Crippen molar-refractivity contribution in [3.63, 3.8) is 0 Å². The van der Waals surface area contributed by atoms with Crippen molar-refractivity contribution >= 4 is 11.8 Å². The highest BCUT2D eigenvalue weighted by molar-refractivity contribution is 5.80. The van der Waals surface area contributed by atoms with Crippen LogP contribution in [-0.4, -0.2) is 30.0 Å². The van der Waals surface area contributed by atoms with Crippen LogP contribution in [0.3, 0.4) is 0 Å². The van der Waals surface area contributed by atoms with Crippen LogP contribution in [0.4, 0.5) is 10.3 Å². The van der Waals surface area contributed by atoms with E-state index in [0.717, 1.165) is 12.0 Å². The molecule has 2 aliphatic rings. The number of piperidine rings is 1. The van der Waals surface area contributed by atoms with E-state index < -0.39 is 0 Å². The van der Waals surface area contributed by atoms with Gasteiger partial charge in [-0.2, -0.15) is 5.26 Å². The number of halogens is 1. The Balaban J connectivity index is 1.30. The Morgan fingerprint density at radius 2 is 2.19 bits per heavy atom. The maximum absolute atomic E-state index is 13.3. The fraction of sp³-hybridized carbons (Fsp3) is 0.450. The predicted octanol–water partition coefficient (Wildman–Crippen LogP) is 2.88. The van der Waals surface area contributed by atoms with Crippen LogP contribution in [0, 0.1) is 30.0 Å². The maximum atomic E-state index is 13.3. The highest BCUT2D eigenvalue weighted by Gasteiger charge is 2.41. The number of hydrogen-bond acceptors (Lipinski definition) is 5. The number of aryl methyl sites for hydroxylation is 1. The van der Waals surface area contributed by atoms with Crippen molar-refractivity contribution in [2.45, 2.75) is 38.1 Å². The molecule has 4 rings (SSSR count). The smallest absolute Gasteiger partial charge is 0.234 e. The van der Waals surface area contributed by atoms with Crippen LogP contribution in [-0.2, 0) is 4.79 Å². The van der Waals surface area contributed by atoms with Gasteiger partial charge in [0.15, 0.2) is 5.89 Å². The molecule has 2 fully saturated rings. The van der Waals surface area contributed by atoms with Crippen molar-refractivity contribution in [1.29, 1.82) is 5.26 Å². The molecular weight excluding hydrogens is 347 g/mol. The topological polar surface area (TPSA) is 82.2 Å². The predicted molar refractivity (Wildman–Crippen MR) is 96.6 cm³/mol. The Labute approximate surface area is 157 Å². The van der Waals surface area contributed by atoms with Crippen LogP contribution in [0.1, 0.15) is 42.3 Å². The molecule has 7 heteroatoms. The average molecular weight is 368 g/mol. The third-order valence-corrected chi connectivity index (χ3v) is 5.37. The summed E-state index contributed by atoms with van der Waals surface area (Å²) < 4.78 is 18.9. The van der Waals surface area contributed by atoms with E-state index in [2.05, 4.69) is 16.4 Å². The number of carbonyl (C=O) groups is 1. The minimum absolute atomic E-state index is 0.0513. The van der Waals surface area contributed by atoms with E-state index in [4.69, 9.17) is 9.68 Å². The van der Waals surface area contributed by atoms with Crippen LogP contribution in [0.15, 0.2) is 28.7 Å². The molecule has 1 N–H and O–H groups in total. The Hall–Kier alpha value is -2.88. The second-order valence-electron chi connectivity index (χ2n) is 7.27. The molecule has 2 atom stereocenters. The third kappa shape index (κ3) is 3.65. The standard InChI is InChI=1S/C20H21FN4O2/c1-12-23-18(11-22)20(27-12)25-7-5-13(6-8-25)19(26)24-17-10-16(17)14-3-2-4-15(21)9-14/h2-4,9,13,16-17H,5-8,10H2,1H3,(H,24,26)/t16-,17-/m1/s1. The van der Waals surface area contributed by atoms with Gasteiger partial charge in [0.2, 0.25) is 17.5 Å². The quantitative estimate of drug-likeness (QED) is 0.897. The molecule has 1 saturated heterocycles. The van der Waals surface area contributed by atoms with Gasteiger partial charge in [0, 0.05) is 37.9 Å². The van der Waals surface area contributed by atoms with Crippen LogP contribution in [0.25, 0.3) is 0 Å². The molecule has 6 nitrogen and oxygen atoms in total. The minimum Gasteiger partial charge on any atom is -0.424 e. The van der Waals surface area contributed by atoms with Gasteiger partial charge in [-0.05, 0) is 37.0 Å². The molecule has 0 spiro atoms. The summed E-state index contributed by atoms with van der Waals surface area (Å²) in [4.78, 5) is 18.6. The lowest BCUT2D eigenvalue weighted by Crippen LogP contribution is -2.41. The summed E-state index contributed by atoms with van der Waals surface area (Å²) in [5.41, 5.74) is 1.24. The molecule has 1 saturated carbocycles. The first-order valence-electron chi connectivity index (χ1n) is 9.23. The summed E-state index contributed by atoms with van der Waals surface area (Å²) in [5, 5.41) is 12.3. The summed E-state index contributed by atoms with van der Waals surface area (Å²) in [7, 11) is 0. The van der Waals surface area contributed by atoms with Crippen molar-refractivity contribution in [3.8, 4) is 6.07 Å². The van der Waals surface area contributed by atoms with Gasteiger partial charge in [-0.25, -0.2) is 9.37 Å². The highest BCUT2D eigenvalue weighted by atomic mass is 19.1. The van der Waals surface area contributed by atoms with Crippen molar-refractivity contribution in [2.75, 3.05) is 18.0 Å². The molecule has 27 heavy (non-hydrogen) atoms. The van der Waals surface area contributed by atoms with E-state index in [9.17, 15) is 9.18 Å². The molecule has 1 amide bonds. The first kappa shape index (κ1) is 17.5. The van der Waals surface area contributed by atoms with Gasteiger partial charge in [0.05, 0.1) is 0 Å². The van der Waals surface area contributed by atoms with E-state index in [-0.39, 0.29) is 29.6 Å². The van der Waals surface area contributed by atoms with Gasteiger partial charge < -0.3 is 14.6 Å². The fourth-order valence-corrected chi connectivity index (χ4v) is 3.81. The number of hydrogen-bond donors (Lipinski definition) is 1. The van der Waals surface area contributed by atoms with Crippen LogP contribution in [0.5, 0.6) is 0 Å². The lowest BCUT2D eigenvalue weighted by atomic mass is 9.96. The molecule has 0 radical (unpaired) electrons. The summed E-state index contributed by atoms with van der Waals surface area (Å²) in [5.74, 6) is 0.953. The van der Waals surface area contributed by atoms with E-state index in [0.29, 0.717) is 43.4 Å². The first-order chi connectivity index (χ1) is 13.0. The number of carbonyl (C=O) groups excluding carboxylic acids is 1. The Bertz CT molecular complexity index is 896. The van der Waals surface area contributed by atoms with Gasteiger partial charge in [0.25, 0.3) is 0 Å². The van der Waals surface area contributed by atoms with E-state index in [1.54, 1.807) is 19.1 Å². The van der Waals surface area contributed by atoms with Gasteiger partial charge >= 0.3 is 0 Å². The normalized spacial score (nSPS) is 22.3. The summed E-state index contributed by atoms with van der Waals surface area (Å²) >= 11 is 0. The Kier molecular flexibility index (Phi) is 4.56. The zero-order valence-electron chi connectivity index (χ0n) is 15.1. The van der Waals surface area contributed by atoms with E-state index >= 15 is 0 Å². The number of nitrogens with one attached hydrogen (secondary N) is 1.